The maximum absolute atomic E-state index is 14.9. The molecule has 0 aliphatic heterocycles. The van der Waals surface area contributed by atoms with Gasteiger partial charge in [-0.3, -0.25) is 9.69 Å². The van der Waals surface area contributed by atoms with Crippen molar-refractivity contribution in [3.63, 3.8) is 0 Å². The van der Waals surface area contributed by atoms with Gasteiger partial charge in [-0.25, -0.2) is 4.39 Å². The first kappa shape index (κ1) is 35.0. The summed E-state index contributed by atoms with van der Waals surface area (Å²) in [7, 11) is 2.00. The Labute approximate surface area is 243 Å². The first-order valence-corrected chi connectivity index (χ1v) is 14.5. The average molecular weight is 550 g/mol. The van der Waals surface area contributed by atoms with Crippen molar-refractivity contribution in [2.24, 2.45) is 5.92 Å². The predicted octanol–water partition coefficient (Wildman–Crippen LogP) is 9.84. The van der Waals surface area contributed by atoms with Crippen molar-refractivity contribution >= 4 is 5.78 Å². The Kier molecular flexibility index (Phi) is 17.5. The molecule has 0 aliphatic carbocycles. The van der Waals surface area contributed by atoms with Crippen molar-refractivity contribution < 1.29 is 13.9 Å². The minimum absolute atomic E-state index is 0.0303. The van der Waals surface area contributed by atoms with Crippen molar-refractivity contribution in [2.45, 2.75) is 80.1 Å². The average Bonchev–Trinajstić information content (AvgIpc) is 2.88. The highest BCUT2D eigenvalue weighted by Gasteiger charge is 2.20. The van der Waals surface area contributed by atoms with E-state index in [0.29, 0.717) is 18.4 Å². The molecule has 0 fully saturated rings. The van der Waals surface area contributed by atoms with Crippen molar-refractivity contribution in [2.75, 3.05) is 26.7 Å². The van der Waals surface area contributed by atoms with Gasteiger partial charge in [0.1, 0.15) is 6.61 Å². The van der Waals surface area contributed by atoms with Crippen LogP contribution in [0.2, 0.25) is 0 Å². The molecule has 0 saturated heterocycles. The first-order valence-electron chi connectivity index (χ1n) is 14.5. The Morgan fingerprint density at radius 1 is 0.900 bits per heavy atom. The lowest BCUT2D eigenvalue weighted by Crippen LogP contribution is -2.17. The molecular formula is C36H52FNO2. The molecule has 0 bridgehead atoms. The number of hydrogen-bond donors (Lipinski definition) is 0. The topological polar surface area (TPSA) is 29.5 Å². The summed E-state index contributed by atoms with van der Waals surface area (Å²) in [6, 6.07) is 4.58. The van der Waals surface area contributed by atoms with E-state index >= 15 is 0 Å². The van der Waals surface area contributed by atoms with Crippen molar-refractivity contribution in [3.8, 4) is 5.75 Å². The van der Waals surface area contributed by atoms with Crippen LogP contribution in [0, 0.1) is 11.7 Å². The number of carbonyl (C=O) groups excluding carboxylic acids is 1. The number of benzene rings is 1. The molecule has 0 N–H and O–H groups in total. The third-order valence-electron chi connectivity index (χ3n) is 6.63. The zero-order valence-corrected chi connectivity index (χ0v) is 26.1. The Hall–Kier alpha value is -2.98. The second-order valence-corrected chi connectivity index (χ2v) is 11.2. The van der Waals surface area contributed by atoms with Crippen molar-refractivity contribution in [1.29, 1.82) is 0 Å². The van der Waals surface area contributed by atoms with Gasteiger partial charge < -0.3 is 4.74 Å². The van der Waals surface area contributed by atoms with E-state index in [-0.39, 0.29) is 24.1 Å². The van der Waals surface area contributed by atoms with E-state index in [9.17, 15) is 9.18 Å². The van der Waals surface area contributed by atoms with Gasteiger partial charge >= 0.3 is 0 Å². The Morgan fingerprint density at radius 3 is 1.98 bits per heavy atom. The van der Waals surface area contributed by atoms with Crippen molar-refractivity contribution in [1.82, 2.24) is 4.90 Å². The molecule has 0 radical (unpaired) electrons. The first-order chi connectivity index (χ1) is 19.0. The van der Waals surface area contributed by atoms with E-state index in [1.807, 2.05) is 25.3 Å². The van der Waals surface area contributed by atoms with Crippen LogP contribution < -0.4 is 4.74 Å². The van der Waals surface area contributed by atoms with Crippen LogP contribution in [0.5, 0.6) is 5.75 Å². The summed E-state index contributed by atoms with van der Waals surface area (Å²) in [6.07, 6.45) is 19.8. The lowest BCUT2D eigenvalue weighted by Gasteiger charge is -2.15. The molecular weight excluding hydrogens is 497 g/mol. The second kappa shape index (κ2) is 20.0. The summed E-state index contributed by atoms with van der Waals surface area (Å²) in [6.45, 7) is 18.2. The van der Waals surface area contributed by atoms with Gasteiger partial charge in [0.2, 0.25) is 0 Å². The number of Topliss-reactive ketones (excluding diaryl/α,β-unsaturated/α-hetero) is 1. The molecule has 1 rings (SSSR count). The molecule has 0 aliphatic rings. The number of allylic oxidation sites excluding steroid dienone is 8. The standard InChI is InChI=1S/C36H52FNO2/c1-9-24-38(8)25-10-11-26-40-35-23-22-33(27-34(35)37)36(39)32(20-18-30(6)16-12-14-28(2)3)21-19-31(7)17-13-15-29(4)5/h9-11,14-15,18-19,22-23,27,32H,1,12-13,16-17,20-21,24-26H2,2-8H3. The van der Waals surface area contributed by atoms with Gasteiger partial charge in [-0.05, 0) is 105 Å². The lowest BCUT2D eigenvalue weighted by molar-refractivity contribution is 0.0921. The largest absolute Gasteiger partial charge is 0.486 e. The second-order valence-electron chi connectivity index (χ2n) is 11.2. The monoisotopic (exact) mass is 549 g/mol. The Balaban J connectivity index is 2.95. The van der Waals surface area contributed by atoms with Crippen LogP contribution in [-0.4, -0.2) is 37.4 Å². The summed E-state index contributed by atoms with van der Waals surface area (Å²) in [5.41, 5.74) is 5.58. The number of rotatable bonds is 19. The van der Waals surface area contributed by atoms with E-state index in [1.54, 1.807) is 12.1 Å². The number of hydrogen-bond acceptors (Lipinski definition) is 3. The van der Waals surface area contributed by atoms with Crippen LogP contribution in [0.15, 0.2) is 89.6 Å². The smallest absolute Gasteiger partial charge is 0.166 e. The molecule has 220 valence electrons. The highest BCUT2D eigenvalue weighted by molar-refractivity contribution is 5.98. The molecule has 0 spiro atoms. The fraction of sp³-hybridized carbons (Fsp3) is 0.472. The van der Waals surface area contributed by atoms with Gasteiger partial charge in [0.25, 0.3) is 0 Å². The van der Waals surface area contributed by atoms with Gasteiger partial charge in [-0.1, -0.05) is 64.8 Å². The SMILES string of the molecule is C=CCN(C)CC=CCOc1ccc(C(=O)C(CC=C(C)CCC=C(C)C)CC=C(C)CCC=C(C)C)cc1F. The summed E-state index contributed by atoms with van der Waals surface area (Å²) < 4.78 is 20.5. The number of halogens is 1. The molecule has 0 unspecified atom stereocenters. The van der Waals surface area contributed by atoms with E-state index in [4.69, 9.17) is 4.74 Å². The lowest BCUT2D eigenvalue weighted by atomic mass is 9.89. The third kappa shape index (κ3) is 15.6. The van der Waals surface area contributed by atoms with Gasteiger partial charge in [-0.2, -0.15) is 0 Å². The molecule has 0 aromatic heterocycles. The van der Waals surface area contributed by atoms with Crippen LogP contribution in [0.4, 0.5) is 4.39 Å². The van der Waals surface area contributed by atoms with Crippen LogP contribution in [0.3, 0.4) is 0 Å². The van der Waals surface area contributed by atoms with E-state index in [2.05, 4.69) is 77.3 Å². The van der Waals surface area contributed by atoms with Crippen LogP contribution >= 0.6 is 0 Å². The van der Waals surface area contributed by atoms with Crippen LogP contribution in [0.1, 0.15) is 90.4 Å². The number of ether oxygens (including phenoxy) is 1. The molecule has 1 aromatic rings. The van der Waals surface area contributed by atoms with E-state index < -0.39 is 5.82 Å². The molecule has 1 aromatic carbocycles. The predicted molar refractivity (Wildman–Crippen MR) is 171 cm³/mol. The Bertz CT molecular complexity index is 1040. The Morgan fingerprint density at radius 2 is 1.48 bits per heavy atom. The minimum atomic E-state index is -0.510. The normalized spacial score (nSPS) is 12.9. The van der Waals surface area contributed by atoms with Crippen LogP contribution in [-0.2, 0) is 0 Å². The van der Waals surface area contributed by atoms with E-state index in [0.717, 1.165) is 38.8 Å². The number of ketones is 1. The fourth-order valence-electron chi connectivity index (χ4n) is 4.14. The molecule has 4 heteroatoms. The van der Waals surface area contributed by atoms with Gasteiger partial charge in [0.15, 0.2) is 17.3 Å². The quantitative estimate of drug-likeness (QED) is 0.127. The molecule has 0 saturated carbocycles. The number of likely N-dealkylation sites (N-methyl/N-ethyl adjacent to an activating group) is 1. The summed E-state index contributed by atoms with van der Waals surface area (Å²) >= 11 is 0. The van der Waals surface area contributed by atoms with Gasteiger partial charge in [-0.15, -0.1) is 6.58 Å². The highest BCUT2D eigenvalue weighted by atomic mass is 19.1. The zero-order chi connectivity index (χ0) is 29.9. The molecule has 0 amide bonds. The third-order valence-corrected chi connectivity index (χ3v) is 6.63. The zero-order valence-electron chi connectivity index (χ0n) is 26.1. The van der Waals surface area contributed by atoms with Crippen molar-refractivity contribution in [3.05, 3.63) is 101 Å². The summed E-state index contributed by atoms with van der Waals surface area (Å²) in [5, 5.41) is 0. The minimum Gasteiger partial charge on any atom is -0.486 e. The molecule has 0 heterocycles. The number of nitrogens with zero attached hydrogens (tertiary/aromatic N) is 1. The summed E-state index contributed by atoms with van der Waals surface area (Å²) in [4.78, 5) is 15.6. The molecule has 40 heavy (non-hydrogen) atoms. The molecule has 0 atom stereocenters. The van der Waals surface area contributed by atoms with Crippen LogP contribution in [0.25, 0.3) is 0 Å². The number of carbonyl (C=O) groups is 1. The highest BCUT2D eigenvalue weighted by Crippen LogP contribution is 2.25. The maximum atomic E-state index is 14.9. The van der Waals surface area contributed by atoms with Gasteiger partial charge in [0.05, 0.1) is 0 Å². The summed E-state index contributed by atoms with van der Waals surface area (Å²) in [5.74, 6) is -0.623. The molecule has 3 nitrogen and oxygen atoms in total. The van der Waals surface area contributed by atoms with Gasteiger partial charge in [0, 0.05) is 24.6 Å². The maximum Gasteiger partial charge on any atom is 0.166 e. The fourth-order valence-corrected chi connectivity index (χ4v) is 4.14. The van der Waals surface area contributed by atoms with E-state index in [1.165, 1.54) is 28.4 Å².